The first kappa shape index (κ1) is 21.1. The highest BCUT2D eigenvalue weighted by Crippen LogP contribution is 2.37. The number of hydrogen-bond acceptors (Lipinski definition) is 7. The van der Waals surface area contributed by atoms with Gasteiger partial charge in [0.25, 0.3) is 6.04 Å². The number of carbonyl (C=O) groups excluding carboxylic acids is 2. The number of carbonyl (C=O) groups is 2. The van der Waals surface area contributed by atoms with Crippen LogP contribution in [0.1, 0.15) is 32.3 Å². The molecule has 0 saturated heterocycles. The van der Waals surface area contributed by atoms with E-state index in [9.17, 15) is 19.7 Å². The van der Waals surface area contributed by atoms with Crippen molar-refractivity contribution in [2.24, 2.45) is 4.99 Å². The van der Waals surface area contributed by atoms with Gasteiger partial charge in [0.15, 0.2) is 5.12 Å². The molecular weight excluding hydrogens is 392 g/mol. The molecule has 9 heteroatoms. The van der Waals surface area contributed by atoms with Crippen LogP contribution in [0.3, 0.4) is 0 Å². The quantitative estimate of drug-likeness (QED) is 0.307. The van der Waals surface area contributed by atoms with Crippen molar-refractivity contribution in [2.75, 3.05) is 12.4 Å². The number of thioether (sulfide) groups is 1. The minimum Gasteiger partial charge on any atom is -0.461 e. The Labute approximate surface area is 166 Å². The number of allylic oxidation sites excluding steroid dienone is 1. The lowest BCUT2D eigenvalue weighted by molar-refractivity contribution is -0.505. The molecule has 1 aliphatic heterocycles. The molecule has 0 aromatic heterocycles. The molecular formula is C18H19ClN2O5S. The molecule has 0 aliphatic carbocycles. The number of ether oxygens (including phenoxy) is 1. The Balaban J connectivity index is 2.40. The topological polar surface area (TPSA) is 98.9 Å². The van der Waals surface area contributed by atoms with E-state index in [0.29, 0.717) is 27.7 Å². The molecule has 1 aliphatic rings. The summed E-state index contributed by atoms with van der Waals surface area (Å²) in [6, 6.07) is 5.44. The molecule has 1 aromatic carbocycles. The van der Waals surface area contributed by atoms with Crippen molar-refractivity contribution in [3.8, 4) is 0 Å². The number of benzene rings is 1. The Morgan fingerprint density at radius 3 is 2.67 bits per heavy atom. The van der Waals surface area contributed by atoms with E-state index in [1.165, 1.54) is 6.92 Å². The van der Waals surface area contributed by atoms with E-state index in [-0.39, 0.29) is 17.3 Å². The summed E-state index contributed by atoms with van der Waals surface area (Å²) >= 11 is 7.10. The number of halogens is 1. The molecule has 27 heavy (non-hydrogen) atoms. The number of aliphatic imine (C=N–C) groups is 1. The largest absolute Gasteiger partial charge is 0.461 e. The van der Waals surface area contributed by atoms with Gasteiger partial charge in [-0.15, -0.1) is 0 Å². The lowest BCUT2D eigenvalue weighted by atomic mass is 9.80. The molecule has 0 amide bonds. The highest BCUT2D eigenvalue weighted by atomic mass is 35.5. The van der Waals surface area contributed by atoms with Gasteiger partial charge in [0.1, 0.15) is 6.61 Å². The summed E-state index contributed by atoms with van der Waals surface area (Å²) in [6.45, 7) is 4.64. The standard InChI is InChI=1S/C18H19ClN2O5S/c1-10-15(18(23)26-7-8-27-12(3)22)16(13-5-4-6-14(19)9-13)17(21(24)25)11(2)20-10/h4-6,9,16-17H,7-8H2,1-3H3. The van der Waals surface area contributed by atoms with E-state index >= 15 is 0 Å². The molecule has 0 radical (unpaired) electrons. The van der Waals surface area contributed by atoms with Gasteiger partial charge in [0, 0.05) is 28.3 Å². The fourth-order valence-electron chi connectivity index (χ4n) is 3.01. The third-order valence-electron chi connectivity index (χ3n) is 4.07. The van der Waals surface area contributed by atoms with E-state index in [4.69, 9.17) is 16.3 Å². The molecule has 0 spiro atoms. The average molecular weight is 411 g/mol. The lowest BCUT2D eigenvalue weighted by Gasteiger charge is -2.27. The maximum Gasteiger partial charge on any atom is 0.336 e. The molecule has 2 unspecified atom stereocenters. The van der Waals surface area contributed by atoms with Crippen molar-refractivity contribution >= 4 is 40.2 Å². The van der Waals surface area contributed by atoms with Crippen molar-refractivity contribution in [1.29, 1.82) is 0 Å². The summed E-state index contributed by atoms with van der Waals surface area (Å²) in [6.07, 6.45) is 0. The van der Waals surface area contributed by atoms with E-state index < -0.39 is 22.9 Å². The van der Waals surface area contributed by atoms with E-state index in [1.54, 1.807) is 38.1 Å². The maximum atomic E-state index is 12.7. The number of hydrogen-bond donors (Lipinski definition) is 0. The number of nitrogens with zero attached hydrogens (tertiary/aromatic N) is 2. The maximum absolute atomic E-state index is 12.7. The zero-order chi connectivity index (χ0) is 20.1. The van der Waals surface area contributed by atoms with Crippen LogP contribution in [0.2, 0.25) is 5.02 Å². The van der Waals surface area contributed by atoms with Gasteiger partial charge in [-0.25, -0.2) is 4.79 Å². The van der Waals surface area contributed by atoms with E-state index in [0.717, 1.165) is 11.8 Å². The predicted molar refractivity (Wildman–Crippen MR) is 105 cm³/mol. The summed E-state index contributed by atoms with van der Waals surface area (Å²) in [5.41, 5.74) is 1.37. The Morgan fingerprint density at radius 1 is 1.37 bits per heavy atom. The van der Waals surface area contributed by atoms with Crippen LogP contribution in [0.25, 0.3) is 0 Å². The van der Waals surface area contributed by atoms with Crippen LogP contribution >= 0.6 is 23.4 Å². The zero-order valence-corrected chi connectivity index (χ0v) is 16.7. The normalized spacial score (nSPS) is 19.5. The van der Waals surface area contributed by atoms with Gasteiger partial charge in [-0.1, -0.05) is 35.5 Å². The first-order chi connectivity index (χ1) is 12.7. The van der Waals surface area contributed by atoms with Crippen molar-refractivity contribution < 1.29 is 19.2 Å². The van der Waals surface area contributed by atoms with Crippen LogP contribution in [0, 0.1) is 10.1 Å². The van der Waals surface area contributed by atoms with Crippen molar-refractivity contribution in [2.45, 2.75) is 32.7 Å². The number of rotatable bonds is 6. The average Bonchev–Trinajstić information content (AvgIpc) is 2.57. The first-order valence-corrected chi connectivity index (χ1v) is 9.54. The Hall–Kier alpha value is -2.19. The molecule has 7 nitrogen and oxygen atoms in total. The highest BCUT2D eigenvalue weighted by molar-refractivity contribution is 8.13. The predicted octanol–water partition coefficient (Wildman–Crippen LogP) is 3.64. The Kier molecular flexibility index (Phi) is 7.15. The molecule has 1 aromatic rings. The monoisotopic (exact) mass is 410 g/mol. The van der Waals surface area contributed by atoms with Gasteiger partial charge in [0.2, 0.25) is 0 Å². The fourth-order valence-corrected chi connectivity index (χ4v) is 3.66. The van der Waals surface area contributed by atoms with Gasteiger partial charge >= 0.3 is 5.97 Å². The number of esters is 1. The van der Waals surface area contributed by atoms with Gasteiger partial charge in [-0.3, -0.25) is 19.9 Å². The summed E-state index contributed by atoms with van der Waals surface area (Å²) in [5, 5.41) is 12.1. The summed E-state index contributed by atoms with van der Waals surface area (Å²) in [4.78, 5) is 39.1. The van der Waals surface area contributed by atoms with Crippen LogP contribution < -0.4 is 0 Å². The van der Waals surface area contributed by atoms with Crippen molar-refractivity contribution in [3.63, 3.8) is 0 Å². The fraction of sp³-hybridized carbons (Fsp3) is 0.389. The minimum atomic E-state index is -1.19. The van der Waals surface area contributed by atoms with Gasteiger partial charge in [0.05, 0.1) is 17.2 Å². The SMILES string of the molecule is CC(=O)SCCOC(=O)C1=C(C)N=C(C)C([N+](=O)[O-])C1c1cccc(Cl)c1. The Bertz CT molecular complexity index is 837. The molecule has 0 fully saturated rings. The van der Waals surface area contributed by atoms with Crippen molar-refractivity contribution in [1.82, 2.24) is 0 Å². The van der Waals surface area contributed by atoms with Gasteiger partial charge in [-0.2, -0.15) is 0 Å². The summed E-state index contributed by atoms with van der Waals surface area (Å²) < 4.78 is 5.25. The third kappa shape index (κ3) is 5.17. The van der Waals surface area contributed by atoms with Crippen LogP contribution in [-0.4, -0.2) is 40.1 Å². The molecule has 0 bridgehead atoms. The van der Waals surface area contributed by atoms with Gasteiger partial charge in [-0.05, 0) is 31.5 Å². The van der Waals surface area contributed by atoms with Crippen molar-refractivity contribution in [3.05, 3.63) is 56.2 Å². The lowest BCUT2D eigenvalue weighted by Crippen LogP contribution is -2.40. The van der Waals surface area contributed by atoms with Crippen LogP contribution in [0.15, 0.2) is 40.5 Å². The van der Waals surface area contributed by atoms with Crippen LogP contribution in [-0.2, 0) is 14.3 Å². The van der Waals surface area contributed by atoms with E-state index in [2.05, 4.69) is 4.99 Å². The molecule has 2 atom stereocenters. The Morgan fingerprint density at radius 2 is 2.07 bits per heavy atom. The van der Waals surface area contributed by atoms with Gasteiger partial charge < -0.3 is 4.74 Å². The molecule has 144 valence electrons. The van der Waals surface area contributed by atoms with Crippen LogP contribution in [0.4, 0.5) is 0 Å². The molecule has 0 saturated carbocycles. The number of nitro groups is 1. The third-order valence-corrected chi connectivity index (χ3v) is 5.08. The highest BCUT2D eigenvalue weighted by Gasteiger charge is 2.44. The summed E-state index contributed by atoms with van der Waals surface area (Å²) in [5.74, 6) is -1.22. The molecule has 0 N–H and O–H groups in total. The second-order valence-electron chi connectivity index (χ2n) is 5.99. The summed E-state index contributed by atoms with van der Waals surface area (Å²) in [7, 11) is 0. The molecule has 1 heterocycles. The van der Waals surface area contributed by atoms with Crippen LogP contribution in [0.5, 0.6) is 0 Å². The molecule has 2 rings (SSSR count). The second-order valence-corrected chi connectivity index (χ2v) is 7.70. The smallest absolute Gasteiger partial charge is 0.336 e. The first-order valence-electron chi connectivity index (χ1n) is 8.17. The van der Waals surface area contributed by atoms with E-state index in [1.807, 2.05) is 0 Å². The zero-order valence-electron chi connectivity index (χ0n) is 15.1. The second kappa shape index (κ2) is 9.14. The minimum absolute atomic E-state index is 0.0218.